The van der Waals surface area contributed by atoms with E-state index in [1.807, 2.05) is 0 Å². The molecule has 0 aliphatic rings. The molecule has 1 unspecified atom stereocenters. The number of carbonyl (C=O) groups excluding carboxylic acids is 2. The van der Waals surface area contributed by atoms with E-state index in [9.17, 15) is 14.7 Å². The maximum Gasteiger partial charge on any atom is 0.306 e. The zero-order chi connectivity index (χ0) is 61.9. The molecule has 0 spiro atoms. The van der Waals surface area contributed by atoms with Crippen LogP contribution in [0.25, 0.3) is 0 Å². The van der Waals surface area contributed by atoms with Crippen molar-refractivity contribution in [3.05, 3.63) is 12.2 Å². The standard InChI is InChI=1S/C81H158O5/c1-3-5-7-9-11-13-15-17-19-21-23-25-27-29-31-33-35-37-39-40-42-43-45-47-49-51-53-55-57-59-61-63-65-67-69-71-73-75-80(83)85-78-79(77-82)86-81(84)76-74-72-70-68-66-64-62-60-58-56-54-52-50-48-46-44-41-38-36-34-32-30-28-26-24-22-20-18-16-14-12-10-8-6-4-2/h22,24,79,82H,3-21,23,25-78H2,1-2H3/b24-22-. The van der Waals surface area contributed by atoms with Gasteiger partial charge in [0.1, 0.15) is 6.61 Å². The van der Waals surface area contributed by atoms with Gasteiger partial charge >= 0.3 is 11.9 Å². The van der Waals surface area contributed by atoms with Gasteiger partial charge in [-0.1, -0.05) is 437 Å². The number of aliphatic hydroxyl groups is 1. The molecule has 0 bridgehead atoms. The summed E-state index contributed by atoms with van der Waals surface area (Å²) < 4.78 is 10.8. The minimum absolute atomic E-state index is 0.0561. The third-order valence-electron chi connectivity index (χ3n) is 19.1. The summed E-state index contributed by atoms with van der Waals surface area (Å²) in [6, 6.07) is 0. The predicted molar refractivity (Wildman–Crippen MR) is 381 cm³/mol. The van der Waals surface area contributed by atoms with E-state index >= 15 is 0 Å². The lowest BCUT2D eigenvalue weighted by atomic mass is 10.0. The van der Waals surface area contributed by atoms with Crippen molar-refractivity contribution in [3.63, 3.8) is 0 Å². The molecule has 0 aliphatic carbocycles. The normalized spacial score (nSPS) is 12.1. The summed E-state index contributed by atoms with van der Waals surface area (Å²) in [5.41, 5.74) is 0. The van der Waals surface area contributed by atoms with Crippen molar-refractivity contribution in [2.24, 2.45) is 0 Å². The Morgan fingerprint density at radius 2 is 0.430 bits per heavy atom. The zero-order valence-corrected chi connectivity index (χ0v) is 59.1. The number of ether oxygens (including phenoxy) is 2. The fourth-order valence-corrected chi connectivity index (χ4v) is 13.0. The Morgan fingerprint density at radius 3 is 0.628 bits per heavy atom. The number of aliphatic hydroxyl groups excluding tert-OH is 1. The van der Waals surface area contributed by atoms with Gasteiger partial charge in [0.05, 0.1) is 6.61 Å². The van der Waals surface area contributed by atoms with Gasteiger partial charge in [-0.05, 0) is 38.5 Å². The Hall–Kier alpha value is -1.36. The molecule has 0 aliphatic heterocycles. The van der Waals surface area contributed by atoms with Crippen LogP contribution in [0.3, 0.4) is 0 Å². The van der Waals surface area contributed by atoms with Gasteiger partial charge < -0.3 is 14.6 Å². The van der Waals surface area contributed by atoms with Crippen LogP contribution >= 0.6 is 0 Å². The van der Waals surface area contributed by atoms with Gasteiger partial charge in [-0.25, -0.2) is 0 Å². The Morgan fingerprint density at radius 1 is 0.256 bits per heavy atom. The minimum Gasteiger partial charge on any atom is -0.462 e. The van der Waals surface area contributed by atoms with Crippen molar-refractivity contribution in [3.8, 4) is 0 Å². The van der Waals surface area contributed by atoms with Gasteiger partial charge in [-0.15, -0.1) is 0 Å². The molecule has 0 fully saturated rings. The maximum atomic E-state index is 12.4. The molecule has 1 N–H and O–H groups in total. The van der Waals surface area contributed by atoms with Crippen LogP contribution in [0.1, 0.15) is 476 Å². The molecular formula is C81H158O5. The third kappa shape index (κ3) is 75.1. The molecule has 0 rings (SSSR count). The van der Waals surface area contributed by atoms with Crippen LogP contribution in [-0.4, -0.2) is 36.4 Å². The molecule has 0 heterocycles. The smallest absolute Gasteiger partial charge is 0.306 e. The van der Waals surface area contributed by atoms with Crippen molar-refractivity contribution >= 4 is 11.9 Å². The highest BCUT2D eigenvalue weighted by Gasteiger charge is 2.16. The summed E-state index contributed by atoms with van der Waals surface area (Å²) in [6.07, 6.45) is 102. The first-order chi connectivity index (χ1) is 42.6. The lowest BCUT2D eigenvalue weighted by Crippen LogP contribution is -2.28. The number of allylic oxidation sites excluding steroid dienone is 2. The maximum absolute atomic E-state index is 12.4. The Labute approximate surface area is 541 Å². The zero-order valence-electron chi connectivity index (χ0n) is 59.1. The highest BCUT2D eigenvalue weighted by atomic mass is 16.6. The summed E-state index contributed by atoms with van der Waals surface area (Å²) in [4.78, 5) is 24.7. The lowest BCUT2D eigenvalue weighted by molar-refractivity contribution is -0.161. The number of hydrogen-bond donors (Lipinski definition) is 1. The summed E-state index contributed by atoms with van der Waals surface area (Å²) in [5, 5.41) is 9.73. The molecule has 512 valence electrons. The van der Waals surface area contributed by atoms with E-state index in [1.54, 1.807) is 0 Å². The first-order valence-electron chi connectivity index (χ1n) is 40.2. The number of hydrogen-bond acceptors (Lipinski definition) is 5. The van der Waals surface area contributed by atoms with Crippen LogP contribution in [0.4, 0.5) is 0 Å². The fraction of sp³-hybridized carbons (Fsp3) is 0.951. The second kappa shape index (κ2) is 77.9. The Bertz CT molecular complexity index is 1280. The van der Waals surface area contributed by atoms with E-state index in [-0.39, 0.29) is 25.2 Å². The summed E-state index contributed by atoms with van der Waals surface area (Å²) in [6.45, 7) is 4.23. The highest BCUT2D eigenvalue weighted by Crippen LogP contribution is 2.21. The van der Waals surface area contributed by atoms with Crippen LogP contribution < -0.4 is 0 Å². The van der Waals surface area contributed by atoms with E-state index in [1.165, 1.54) is 417 Å². The molecule has 5 heteroatoms. The number of carbonyl (C=O) groups is 2. The van der Waals surface area contributed by atoms with Gasteiger partial charge in [0, 0.05) is 12.8 Å². The van der Waals surface area contributed by atoms with Crippen LogP contribution in [0.2, 0.25) is 0 Å². The van der Waals surface area contributed by atoms with Crippen LogP contribution in [0.5, 0.6) is 0 Å². The molecule has 0 aromatic carbocycles. The fourth-order valence-electron chi connectivity index (χ4n) is 13.0. The second-order valence-electron chi connectivity index (χ2n) is 27.9. The lowest BCUT2D eigenvalue weighted by Gasteiger charge is -2.15. The number of unbranched alkanes of at least 4 members (excludes halogenated alkanes) is 67. The number of rotatable bonds is 77. The molecular weight excluding hydrogens is 1050 g/mol. The summed E-state index contributed by atoms with van der Waals surface area (Å²) in [5.74, 6) is -0.557. The molecule has 0 radical (unpaired) electrons. The minimum atomic E-state index is -0.768. The summed E-state index contributed by atoms with van der Waals surface area (Å²) in [7, 11) is 0. The van der Waals surface area contributed by atoms with Crippen molar-refractivity contribution < 1.29 is 24.2 Å². The first-order valence-corrected chi connectivity index (χ1v) is 40.2. The van der Waals surface area contributed by atoms with Gasteiger partial charge in [-0.2, -0.15) is 0 Å². The van der Waals surface area contributed by atoms with Gasteiger partial charge in [-0.3, -0.25) is 9.59 Å². The molecule has 0 saturated heterocycles. The summed E-state index contributed by atoms with van der Waals surface area (Å²) >= 11 is 0. The molecule has 1 atom stereocenters. The van der Waals surface area contributed by atoms with Gasteiger partial charge in [0.2, 0.25) is 0 Å². The predicted octanol–water partition coefficient (Wildman–Crippen LogP) is 28.1. The second-order valence-corrected chi connectivity index (χ2v) is 27.9. The van der Waals surface area contributed by atoms with E-state index < -0.39 is 6.10 Å². The average molecular weight is 1210 g/mol. The van der Waals surface area contributed by atoms with Crippen LogP contribution in [-0.2, 0) is 19.1 Å². The van der Waals surface area contributed by atoms with Crippen LogP contribution in [0, 0.1) is 0 Å². The Balaban J connectivity index is 3.34. The molecule has 0 saturated carbocycles. The van der Waals surface area contributed by atoms with E-state index in [0.29, 0.717) is 12.8 Å². The van der Waals surface area contributed by atoms with Crippen molar-refractivity contribution in [2.45, 2.75) is 482 Å². The molecule has 0 aromatic rings. The first kappa shape index (κ1) is 84.6. The van der Waals surface area contributed by atoms with Gasteiger partial charge in [0.25, 0.3) is 0 Å². The molecule has 0 amide bonds. The highest BCUT2D eigenvalue weighted by molar-refractivity contribution is 5.70. The molecule has 86 heavy (non-hydrogen) atoms. The number of esters is 2. The molecule has 0 aromatic heterocycles. The Kier molecular flexibility index (Phi) is 76.7. The SMILES string of the molecule is CCCCCCCCCC/C=C\CCCCCCCCCCCCCCCCCCCCCCCCCC(=O)OC(CO)COC(=O)CCCCCCCCCCCCCCCCCCCCCCCCCCCCCCCCCCCCCCC. The monoisotopic (exact) mass is 1210 g/mol. The van der Waals surface area contributed by atoms with Crippen molar-refractivity contribution in [2.75, 3.05) is 13.2 Å². The van der Waals surface area contributed by atoms with Crippen molar-refractivity contribution in [1.29, 1.82) is 0 Å². The largest absolute Gasteiger partial charge is 0.462 e. The van der Waals surface area contributed by atoms with Gasteiger partial charge in [0.15, 0.2) is 6.10 Å². The van der Waals surface area contributed by atoms with E-state index in [0.717, 1.165) is 32.1 Å². The van der Waals surface area contributed by atoms with Crippen LogP contribution in [0.15, 0.2) is 12.2 Å². The molecule has 5 nitrogen and oxygen atoms in total. The third-order valence-corrected chi connectivity index (χ3v) is 19.1. The quantitative estimate of drug-likeness (QED) is 0.0373. The van der Waals surface area contributed by atoms with Crippen molar-refractivity contribution in [1.82, 2.24) is 0 Å². The van der Waals surface area contributed by atoms with E-state index in [2.05, 4.69) is 26.0 Å². The topological polar surface area (TPSA) is 72.8 Å². The van der Waals surface area contributed by atoms with E-state index in [4.69, 9.17) is 9.47 Å². The average Bonchev–Trinajstić information content (AvgIpc) is 3.55.